The molecule has 1 aromatic carbocycles. The van der Waals surface area contributed by atoms with E-state index in [2.05, 4.69) is 10.6 Å². The maximum atomic E-state index is 5.11. The van der Waals surface area contributed by atoms with Crippen LogP contribution in [0.3, 0.4) is 0 Å². The van der Waals surface area contributed by atoms with Gasteiger partial charge in [0.2, 0.25) is 0 Å². The van der Waals surface area contributed by atoms with Gasteiger partial charge in [-0.1, -0.05) is 6.07 Å². The van der Waals surface area contributed by atoms with Gasteiger partial charge in [0.05, 0.1) is 7.11 Å². The lowest BCUT2D eigenvalue weighted by atomic mass is 10.3. The number of likely N-dealkylation sites (N-methyl/N-ethyl adjacent to an activating group) is 1. The number of hydrogen-bond acceptors (Lipinski definition) is 3. The van der Waals surface area contributed by atoms with E-state index in [1.807, 2.05) is 31.3 Å². The molecule has 0 aliphatic rings. The Balaban J connectivity index is 2.46. The highest BCUT2D eigenvalue weighted by atomic mass is 16.5. The molecule has 3 heteroatoms. The molecule has 0 aromatic heterocycles. The summed E-state index contributed by atoms with van der Waals surface area (Å²) in [4.78, 5) is 0. The average molecular weight is 180 g/mol. The molecule has 13 heavy (non-hydrogen) atoms. The van der Waals surface area contributed by atoms with Crippen LogP contribution < -0.4 is 15.4 Å². The number of nitrogens with one attached hydrogen (secondary N) is 2. The summed E-state index contributed by atoms with van der Waals surface area (Å²) >= 11 is 0. The minimum Gasteiger partial charge on any atom is -0.497 e. The van der Waals surface area contributed by atoms with Crippen molar-refractivity contribution in [3.05, 3.63) is 24.3 Å². The molecule has 1 aromatic rings. The number of rotatable bonds is 5. The van der Waals surface area contributed by atoms with Crippen LogP contribution in [-0.4, -0.2) is 27.2 Å². The first kappa shape index (κ1) is 9.86. The minimum absolute atomic E-state index is 0.884. The highest BCUT2D eigenvalue weighted by molar-refractivity contribution is 5.48. The lowest BCUT2D eigenvalue weighted by Gasteiger charge is -2.07. The van der Waals surface area contributed by atoms with Crippen LogP contribution in [0.4, 0.5) is 5.69 Å². The summed E-state index contributed by atoms with van der Waals surface area (Å²) in [6.07, 6.45) is 0. The SMILES string of the molecule is CNCCNc1cccc(OC)c1. The zero-order valence-electron chi connectivity index (χ0n) is 8.13. The van der Waals surface area contributed by atoms with Gasteiger partial charge in [-0.3, -0.25) is 0 Å². The van der Waals surface area contributed by atoms with E-state index in [0.717, 1.165) is 24.5 Å². The Morgan fingerprint density at radius 3 is 2.85 bits per heavy atom. The Labute approximate surface area is 79.1 Å². The summed E-state index contributed by atoms with van der Waals surface area (Å²) in [7, 11) is 3.61. The van der Waals surface area contributed by atoms with Crippen LogP contribution in [0.25, 0.3) is 0 Å². The van der Waals surface area contributed by atoms with Crippen molar-refractivity contribution in [2.75, 3.05) is 32.6 Å². The minimum atomic E-state index is 0.884. The van der Waals surface area contributed by atoms with Crippen LogP contribution in [0.1, 0.15) is 0 Å². The molecule has 0 heterocycles. The Kier molecular flexibility index (Phi) is 4.12. The standard InChI is InChI=1S/C10H16N2O/c1-11-6-7-12-9-4-3-5-10(8-9)13-2/h3-5,8,11-12H,6-7H2,1-2H3. The van der Waals surface area contributed by atoms with Gasteiger partial charge in [0, 0.05) is 24.8 Å². The van der Waals surface area contributed by atoms with Crippen molar-refractivity contribution in [3.8, 4) is 5.75 Å². The van der Waals surface area contributed by atoms with Crippen molar-refractivity contribution in [1.82, 2.24) is 5.32 Å². The van der Waals surface area contributed by atoms with Gasteiger partial charge < -0.3 is 15.4 Å². The zero-order chi connectivity index (χ0) is 9.52. The molecule has 1 rings (SSSR count). The second-order valence-corrected chi connectivity index (χ2v) is 2.76. The van der Waals surface area contributed by atoms with Crippen LogP contribution >= 0.6 is 0 Å². The molecule has 0 bridgehead atoms. The van der Waals surface area contributed by atoms with E-state index in [1.54, 1.807) is 7.11 Å². The topological polar surface area (TPSA) is 33.3 Å². The van der Waals surface area contributed by atoms with Gasteiger partial charge >= 0.3 is 0 Å². The number of anilines is 1. The predicted octanol–water partition coefficient (Wildman–Crippen LogP) is 1.33. The van der Waals surface area contributed by atoms with E-state index in [1.165, 1.54) is 0 Å². The largest absolute Gasteiger partial charge is 0.497 e. The Hall–Kier alpha value is -1.22. The van der Waals surface area contributed by atoms with E-state index in [-0.39, 0.29) is 0 Å². The van der Waals surface area contributed by atoms with E-state index >= 15 is 0 Å². The van der Waals surface area contributed by atoms with E-state index in [9.17, 15) is 0 Å². The molecule has 0 fully saturated rings. The van der Waals surface area contributed by atoms with Gasteiger partial charge in [-0.15, -0.1) is 0 Å². The fraction of sp³-hybridized carbons (Fsp3) is 0.400. The quantitative estimate of drug-likeness (QED) is 0.671. The molecular formula is C10H16N2O. The first-order chi connectivity index (χ1) is 6.36. The van der Waals surface area contributed by atoms with Gasteiger partial charge in [0.25, 0.3) is 0 Å². The Morgan fingerprint density at radius 2 is 2.15 bits per heavy atom. The number of benzene rings is 1. The zero-order valence-corrected chi connectivity index (χ0v) is 8.13. The van der Waals surface area contributed by atoms with Gasteiger partial charge in [-0.2, -0.15) is 0 Å². The van der Waals surface area contributed by atoms with Gasteiger partial charge in [-0.25, -0.2) is 0 Å². The normalized spacial score (nSPS) is 9.69. The molecule has 0 spiro atoms. The maximum Gasteiger partial charge on any atom is 0.120 e. The van der Waals surface area contributed by atoms with Crippen molar-refractivity contribution >= 4 is 5.69 Å². The highest BCUT2D eigenvalue weighted by Gasteiger charge is 1.93. The van der Waals surface area contributed by atoms with E-state index in [4.69, 9.17) is 4.74 Å². The third-order valence-electron chi connectivity index (χ3n) is 1.77. The molecule has 0 aliphatic carbocycles. The lowest BCUT2D eigenvalue weighted by Crippen LogP contribution is -2.17. The molecule has 0 atom stereocenters. The third kappa shape index (κ3) is 3.34. The number of ether oxygens (including phenoxy) is 1. The second kappa shape index (κ2) is 5.43. The van der Waals surface area contributed by atoms with E-state index in [0.29, 0.717) is 0 Å². The summed E-state index contributed by atoms with van der Waals surface area (Å²) < 4.78 is 5.11. The molecule has 0 saturated carbocycles. The molecule has 0 unspecified atom stereocenters. The third-order valence-corrected chi connectivity index (χ3v) is 1.77. The lowest BCUT2D eigenvalue weighted by molar-refractivity contribution is 0.415. The summed E-state index contributed by atoms with van der Waals surface area (Å²) in [6, 6.07) is 7.91. The molecule has 0 saturated heterocycles. The summed E-state index contributed by atoms with van der Waals surface area (Å²) in [5.74, 6) is 0.884. The molecule has 0 amide bonds. The smallest absolute Gasteiger partial charge is 0.120 e. The number of hydrogen-bond donors (Lipinski definition) is 2. The Bertz CT molecular complexity index is 250. The second-order valence-electron chi connectivity index (χ2n) is 2.76. The fourth-order valence-corrected chi connectivity index (χ4v) is 1.06. The molecule has 2 N–H and O–H groups in total. The van der Waals surface area contributed by atoms with Crippen molar-refractivity contribution in [1.29, 1.82) is 0 Å². The van der Waals surface area contributed by atoms with Crippen LogP contribution in [-0.2, 0) is 0 Å². The van der Waals surface area contributed by atoms with Gasteiger partial charge in [0.15, 0.2) is 0 Å². The molecule has 3 nitrogen and oxygen atoms in total. The first-order valence-corrected chi connectivity index (χ1v) is 4.39. The summed E-state index contributed by atoms with van der Waals surface area (Å²) in [5, 5.41) is 6.35. The summed E-state index contributed by atoms with van der Waals surface area (Å²) in [6.45, 7) is 1.88. The fourth-order valence-electron chi connectivity index (χ4n) is 1.06. The molecule has 0 aliphatic heterocycles. The highest BCUT2D eigenvalue weighted by Crippen LogP contribution is 2.15. The molecule has 72 valence electrons. The van der Waals surface area contributed by atoms with E-state index < -0.39 is 0 Å². The molecule has 0 radical (unpaired) electrons. The maximum absolute atomic E-state index is 5.11. The molecular weight excluding hydrogens is 164 g/mol. The predicted molar refractivity (Wildman–Crippen MR) is 55.4 cm³/mol. The van der Waals surface area contributed by atoms with Crippen LogP contribution in [0, 0.1) is 0 Å². The van der Waals surface area contributed by atoms with Crippen LogP contribution in [0.2, 0.25) is 0 Å². The number of methoxy groups -OCH3 is 1. The van der Waals surface area contributed by atoms with Crippen LogP contribution in [0.5, 0.6) is 5.75 Å². The van der Waals surface area contributed by atoms with Crippen molar-refractivity contribution in [2.24, 2.45) is 0 Å². The monoisotopic (exact) mass is 180 g/mol. The van der Waals surface area contributed by atoms with Crippen molar-refractivity contribution in [3.63, 3.8) is 0 Å². The van der Waals surface area contributed by atoms with Crippen LogP contribution in [0.15, 0.2) is 24.3 Å². The Morgan fingerprint density at radius 1 is 1.31 bits per heavy atom. The van der Waals surface area contributed by atoms with Gasteiger partial charge in [-0.05, 0) is 19.2 Å². The summed E-state index contributed by atoms with van der Waals surface area (Å²) in [5.41, 5.74) is 1.09. The van der Waals surface area contributed by atoms with Crippen molar-refractivity contribution < 1.29 is 4.74 Å². The van der Waals surface area contributed by atoms with Gasteiger partial charge in [0.1, 0.15) is 5.75 Å². The average Bonchev–Trinajstić information content (AvgIpc) is 2.19. The van der Waals surface area contributed by atoms with Crippen molar-refractivity contribution in [2.45, 2.75) is 0 Å². The first-order valence-electron chi connectivity index (χ1n) is 4.39.